The quantitative estimate of drug-likeness (QED) is 0.808. The van der Waals surface area contributed by atoms with Gasteiger partial charge >= 0.3 is 0 Å². The minimum absolute atomic E-state index is 0.234. The second-order valence-corrected chi connectivity index (χ2v) is 6.59. The Morgan fingerprint density at radius 1 is 1.00 bits per heavy atom. The van der Waals surface area contributed by atoms with E-state index in [4.69, 9.17) is 15.2 Å². The van der Waals surface area contributed by atoms with Gasteiger partial charge in [0.25, 0.3) is 0 Å². The monoisotopic (exact) mass is 326 g/mol. The van der Waals surface area contributed by atoms with Crippen LogP contribution in [0.25, 0.3) is 0 Å². The number of benzene rings is 2. The fourth-order valence-electron chi connectivity index (χ4n) is 3.12. The lowest BCUT2D eigenvalue weighted by Gasteiger charge is -2.32. The molecule has 2 aromatic rings. The van der Waals surface area contributed by atoms with Crippen molar-refractivity contribution in [3.63, 3.8) is 0 Å². The summed E-state index contributed by atoms with van der Waals surface area (Å²) in [6, 6.07) is 16.1. The van der Waals surface area contributed by atoms with E-state index in [1.165, 1.54) is 5.56 Å². The molecule has 2 atom stereocenters. The summed E-state index contributed by atoms with van der Waals surface area (Å²) in [5.74, 6) is 0.916. The van der Waals surface area contributed by atoms with Crippen molar-refractivity contribution in [3.8, 4) is 5.75 Å². The fraction of sp³-hybridized carbons (Fsp3) is 0.400. The molecule has 0 saturated carbocycles. The van der Waals surface area contributed by atoms with Crippen LogP contribution in [0.5, 0.6) is 5.75 Å². The van der Waals surface area contributed by atoms with Crippen LogP contribution < -0.4 is 15.8 Å². The molecule has 0 aromatic heterocycles. The molecule has 4 heteroatoms. The number of hydrogen-bond donors (Lipinski definition) is 2. The Hall–Kier alpha value is -2.20. The third kappa shape index (κ3) is 4.65. The van der Waals surface area contributed by atoms with Crippen LogP contribution >= 0.6 is 0 Å². The fourth-order valence-corrected chi connectivity index (χ4v) is 3.12. The van der Waals surface area contributed by atoms with Gasteiger partial charge < -0.3 is 20.5 Å². The van der Waals surface area contributed by atoms with Crippen LogP contribution in [0.15, 0.2) is 48.5 Å². The number of nitrogens with one attached hydrogen (secondary N) is 1. The van der Waals surface area contributed by atoms with Gasteiger partial charge in [-0.1, -0.05) is 12.1 Å². The Balaban J connectivity index is 1.52. The van der Waals surface area contributed by atoms with Gasteiger partial charge in [-0.25, -0.2) is 0 Å². The number of rotatable bonds is 5. The first-order valence-electron chi connectivity index (χ1n) is 8.59. The van der Waals surface area contributed by atoms with E-state index in [1.807, 2.05) is 36.4 Å². The molecule has 2 aromatic carbocycles. The Morgan fingerprint density at radius 3 is 2.25 bits per heavy atom. The van der Waals surface area contributed by atoms with E-state index in [-0.39, 0.29) is 18.3 Å². The molecule has 0 radical (unpaired) electrons. The van der Waals surface area contributed by atoms with E-state index in [0.717, 1.165) is 36.5 Å². The maximum absolute atomic E-state index is 6.11. The van der Waals surface area contributed by atoms with E-state index in [0.29, 0.717) is 0 Å². The molecule has 1 aliphatic heterocycles. The molecule has 128 valence electrons. The average Bonchev–Trinajstić information content (AvgIpc) is 2.55. The van der Waals surface area contributed by atoms with Crippen LogP contribution in [-0.4, -0.2) is 18.3 Å². The number of nitrogen functional groups attached to an aromatic ring is 1. The first-order valence-corrected chi connectivity index (χ1v) is 8.59. The van der Waals surface area contributed by atoms with Crippen molar-refractivity contribution in [3.05, 3.63) is 54.1 Å². The van der Waals surface area contributed by atoms with Crippen LogP contribution in [0, 0.1) is 0 Å². The highest BCUT2D eigenvalue weighted by atomic mass is 16.5. The topological polar surface area (TPSA) is 56.5 Å². The summed E-state index contributed by atoms with van der Waals surface area (Å²) in [7, 11) is 0. The molecule has 4 nitrogen and oxygen atoms in total. The number of hydrogen-bond acceptors (Lipinski definition) is 4. The van der Waals surface area contributed by atoms with Gasteiger partial charge in [0.05, 0.1) is 12.2 Å². The third-order valence-corrected chi connectivity index (χ3v) is 4.29. The SMILES string of the molecule is CC1CC(Oc2ccc(NCc3ccc(N)cc3)cc2)CC(C)O1. The van der Waals surface area contributed by atoms with Gasteiger partial charge in [-0.05, 0) is 55.8 Å². The van der Waals surface area contributed by atoms with Crippen LogP contribution in [0.4, 0.5) is 11.4 Å². The highest BCUT2D eigenvalue weighted by Crippen LogP contribution is 2.25. The van der Waals surface area contributed by atoms with Gasteiger partial charge in [-0.15, -0.1) is 0 Å². The lowest BCUT2D eigenvalue weighted by Crippen LogP contribution is -2.35. The summed E-state index contributed by atoms with van der Waals surface area (Å²) < 4.78 is 11.9. The molecular formula is C20H26N2O2. The molecule has 0 spiro atoms. The Kier molecular flexibility index (Phi) is 5.26. The molecule has 24 heavy (non-hydrogen) atoms. The van der Waals surface area contributed by atoms with Crippen molar-refractivity contribution in [2.45, 2.75) is 51.5 Å². The van der Waals surface area contributed by atoms with Crippen molar-refractivity contribution in [2.75, 3.05) is 11.1 Å². The van der Waals surface area contributed by atoms with Crippen LogP contribution in [0.1, 0.15) is 32.3 Å². The highest BCUT2D eigenvalue weighted by molar-refractivity contribution is 5.47. The number of ether oxygens (including phenoxy) is 2. The van der Waals surface area contributed by atoms with E-state index in [2.05, 4.69) is 31.3 Å². The Bertz CT molecular complexity index is 630. The average molecular weight is 326 g/mol. The third-order valence-electron chi connectivity index (χ3n) is 4.29. The number of anilines is 2. The Morgan fingerprint density at radius 2 is 1.62 bits per heavy atom. The molecule has 1 aliphatic rings. The van der Waals surface area contributed by atoms with Crippen molar-refractivity contribution >= 4 is 11.4 Å². The standard InChI is InChI=1S/C20H26N2O2/c1-14-11-20(12-15(2)23-14)24-19-9-7-18(8-10-19)22-13-16-3-5-17(21)6-4-16/h3-10,14-15,20,22H,11-13,21H2,1-2H3. The van der Waals surface area contributed by atoms with E-state index in [1.54, 1.807) is 0 Å². The predicted octanol–water partition coefficient (Wildman–Crippen LogP) is 4.22. The lowest BCUT2D eigenvalue weighted by molar-refractivity contribution is -0.0721. The summed E-state index contributed by atoms with van der Waals surface area (Å²) in [4.78, 5) is 0. The zero-order chi connectivity index (χ0) is 16.9. The zero-order valence-electron chi connectivity index (χ0n) is 14.4. The van der Waals surface area contributed by atoms with Gasteiger partial charge in [-0.3, -0.25) is 0 Å². The van der Waals surface area contributed by atoms with Crippen LogP contribution in [0.2, 0.25) is 0 Å². The van der Waals surface area contributed by atoms with Gasteiger partial charge in [0, 0.05) is 30.8 Å². The number of nitrogens with two attached hydrogens (primary N) is 1. The first kappa shape index (κ1) is 16.7. The summed E-state index contributed by atoms with van der Waals surface area (Å²) in [5.41, 5.74) is 8.77. The zero-order valence-corrected chi connectivity index (χ0v) is 14.4. The van der Waals surface area contributed by atoms with Gasteiger partial charge in [0.2, 0.25) is 0 Å². The molecule has 1 heterocycles. The summed E-state index contributed by atoms with van der Waals surface area (Å²) in [5, 5.41) is 3.41. The molecule has 1 fully saturated rings. The molecule has 2 unspecified atom stereocenters. The summed E-state index contributed by atoms with van der Waals surface area (Å²) in [6.07, 6.45) is 2.65. The van der Waals surface area contributed by atoms with Crippen molar-refractivity contribution in [1.29, 1.82) is 0 Å². The Labute approximate surface area is 144 Å². The van der Waals surface area contributed by atoms with E-state index >= 15 is 0 Å². The minimum atomic E-state index is 0.234. The van der Waals surface area contributed by atoms with Gasteiger partial charge in [-0.2, -0.15) is 0 Å². The normalized spacial score (nSPS) is 23.7. The summed E-state index contributed by atoms with van der Waals surface area (Å²) >= 11 is 0. The molecule has 3 N–H and O–H groups in total. The second kappa shape index (κ2) is 7.58. The first-order chi connectivity index (χ1) is 11.6. The molecular weight excluding hydrogens is 300 g/mol. The van der Waals surface area contributed by atoms with Gasteiger partial charge in [0.15, 0.2) is 0 Å². The van der Waals surface area contributed by atoms with E-state index < -0.39 is 0 Å². The van der Waals surface area contributed by atoms with Crippen molar-refractivity contribution in [1.82, 2.24) is 0 Å². The second-order valence-electron chi connectivity index (χ2n) is 6.59. The van der Waals surface area contributed by atoms with Gasteiger partial charge in [0.1, 0.15) is 11.9 Å². The molecule has 0 aliphatic carbocycles. The predicted molar refractivity (Wildman–Crippen MR) is 98.3 cm³/mol. The minimum Gasteiger partial charge on any atom is -0.490 e. The van der Waals surface area contributed by atoms with Crippen LogP contribution in [0.3, 0.4) is 0 Å². The van der Waals surface area contributed by atoms with E-state index in [9.17, 15) is 0 Å². The maximum atomic E-state index is 6.11. The molecule has 1 saturated heterocycles. The highest BCUT2D eigenvalue weighted by Gasteiger charge is 2.25. The van der Waals surface area contributed by atoms with Crippen molar-refractivity contribution < 1.29 is 9.47 Å². The van der Waals surface area contributed by atoms with Crippen molar-refractivity contribution in [2.24, 2.45) is 0 Å². The maximum Gasteiger partial charge on any atom is 0.119 e. The smallest absolute Gasteiger partial charge is 0.119 e. The molecule has 0 amide bonds. The largest absolute Gasteiger partial charge is 0.490 e. The lowest BCUT2D eigenvalue weighted by atomic mass is 10.0. The molecule has 3 rings (SSSR count). The van der Waals surface area contributed by atoms with Crippen LogP contribution in [-0.2, 0) is 11.3 Å². The molecule has 0 bridgehead atoms. The summed E-state index contributed by atoms with van der Waals surface area (Å²) in [6.45, 7) is 4.99.